The van der Waals surface area contributed by atoms with Gasteiger partial charge in [-0.15, -0.1) is 0 Å². The number of carbonyl (C=O) groups excluding carboxylic acids is 1. The summed E-state index contributed by atoms with van der Waals surface area (Å²) in [4.78, 5) is 16.8. The van der Waals surface area contributed by atoms with Gasteiger partial charge in [0.25, 0.3) is 5.91 Å². The normalized spacial score (nSPS) is 13.9. The van der Waals surface area contributed by atoms with Crippen molar-refractivity contribution in [2.45, 2.75) is 32.2 Å². The van der Waals surface area contributed by atoms with Crippen LogP contribution in [0.1, 0.15) is 37.0 Å². The fourth-order valence-corrected chi connectivity index (χ4v) is 2.45. The number of nitrogens with one attached hydrogen (secondary N) is 1. The van der Waals surface area contributed by atoms with Crippen LogP contribution in [0.15, 0.2) is 30.3 Å². The molecule has 0 bridgehead atoms. The molecule has 2 N–H and O–H groups in total. The largest absolute Gasteiger partial charge is 0.396 e. The number of hydrogen-bond donors (Lipinski definition) is 2. The van der Waals surface area contributed by atoms with Crippen LogP contribution in [-0.4, -0.2) is 28.1 Å². The molecule has 21 heavy (non-hydrogen) atoms. The lowest BCUT2D eigenvalue weighted by atomic mass is 9.94. The predicted molar refractivity (Wildman–Crippen MR) is 84.6 cm³/mol. The van der Waals surface area contributed by atoms with E-state index in [0.29, 0.717) is 22.7 Å². The van der Waals surface area contributed by atoms with Crippen LogP contribution in [0.2, 0.25) is 5.15 Å². The smallest absolute Gasteiger partial charge is 0.252 e. The molecule has 4 nitrogen and oxygen atoms in total. The molecule has 2 aromatic rings. The van der Waals surface area contributed by atoms with E-state index in [1.54, 1.807) is 6.07 Å². The van der Waals surface area contributed by atoms with Gasteiger partial charge in [-0.25, -0.2) is 4.98 Å². The molecule has 0 aliphatic rings. The van der Waals surface area contributed by atoms with Crippen molar-refractivity contribution in [1.29, 1.82) is 0 Å². The van der Waals surface area contributed by atoms with Crippen molar-refractivity contribution in [3.05, 3.63) is 41.0 Å². The van der Waals surface area contributed by atoms with Crippen LogP contribution < -0.4 is 5.32 Å². The van der Waals surface area contributed by atoms with E-state index in [0.717, 1.165) is 11.8 Å². The first-order valence-corrected chi connectivity index (χ1v) is 7.35. The summed E-state index contributed by atoms with van der Waals surface area (Å²) in [6.45, 7) is 3.93. The van der Waals surface area contributed by atoms with Crippen molar-refractivity contribution >= 4 is 28.4 Å². The SMILES string of the molecule is CCC(C)(CCO)NC(=O)c1cc(Cl)nc2ccccc12. The number of amides is 1. The lowest BCUT2D eigenvalue weighted by Crippen LogP contribution is -2.46. The second-order valence-corrected chi connectivity index (χ2v) is 5.74. The van der Waals surface area contributed by atoms with E-state index in [1.807, 2.05) is 38.1 Å². The van der Waals surface area contributed by atoms with Crippen molar-refractivity contribution in [3.8, 4) is 0 Å². The topological polar surface area (TPSA) is 62.2 Å². The number of para-hydroxylation sites is 1. The summed E-state index contributed by atoms with van der Waals surface area (Å²) in [6.07, 6.45) is 1.24. The summed E-state index contributed by atoms with van der Waals surface area (Å²) in [7, 11) is 0. The molecule has 0 aliphatic heterocycles. The van der Waals surface area contributed by atoms with Crippen LogP contribution in [0, 0.1) is 0 Å². The molecule has 1 atom stereocenters. The van der Waals surface area contributed by atoms with Gasteiger partial charge in [-0.3, -0.25) is 4.79 Å². The Kier molecular flexibility index (Phi) is 4.80. The summed E-state index contributed by atoms with van der Waals surface area (Å²) in [5, 5.41) is 13.2. The van der Waals surface area contributed by atoms with Gasteiger partial charge in [0.05, 0.1) is 11.1 Å². The monoisotopic (exact) mass is 306 g/mol. The third kappa shape index (κ3) is 3.52. The highest BCUT2D eigenvalue weighted by Gasteiger charge is 2.25. The van der Waals surface area contributed by atoms with Crippen molar-refractivity contribution in [1.82, 2.24) is 10.3 Å². The molecular formula is C16H19ClN2O2. The Balaban J connectivity index is 2.39. The first-order chi connectivity index (χ1) is 9.99. The second kappa shape index (κ2) is 6.41. The molecule has 1 heterocycles. The van der Waals surface area contributed by atoms with Crippen molar-refractivity contribution in [2.24, 2.45) is 0 Å². The molecule has 0 saturated carbocycles. The third-order valence-corrected chi connectivity index (χ3v) is 3.98. The third-order valence-electron chi connectivity index (χ3n) is 3.79. The number of aliphatic hydroxyl groups excluding tert-OH is 1. The van der Waals surface area contributed by atoms with Gasteiger partial charge >= 0.3 is 0 Å². The number of aliphatic hydroxyl groups is 1. The predicted octanol–water partition coefficient (Wildman–Crippen LogP) is 3.17. The van der Waals surface area contributed by atoms with Gasteiger partial charge in [0.1, 0.15) is 5.15 Å². The van der Waals surface area contributed by atoms with Gasteiger partial charge in [-0.05, 0) is 31.9 Å². The zero-order valence-electron chi connectivity index (χ0n) is 12.2. The highest BCUT2D eigenvalue weighted by Crippen LogP contribution is 2.22. The summed E-state index contributed by atoms with van der Waals surface area (Å²) in [5.41, 5.74) is 0.751. The van der Waals surface area contributed by atoms with Crippen LogP contribution in [0.5, 0.6) is 0 Å². The molecule has 0 aliphatic carbocycles. The first kappa shape index (κ1) is 15.7. The van der Waals surface area contributed by atoms with Gasteiger partial charge < -0.3 is 10.4 Å². The van der Waals surface area contributed by atoms with E-state index in [9.17, 15) is 4.79 Å². The molecule has 1 aromatic carbocycles. The number of benzene rings is 1. The molecule has 5 heteroatoms. The van der Waals surface area contributed by atoms with Gasteiger partial charge in [-0.2, -0.15) is 0 Å². The number of fused-ring (bicyclic) bond motifs is 1. The Bertz CT molecular complexity index is 660. The summed E-state index contributed by atoms with van der Waals surface area (Å²) in [6, 6.07) is 8.97. The van der Waals surface area contributed by atoms with E-state index in [2.05, 4.69) is 10.3 Å². The Morgan fingerprint density at radius 3 is 2.81 bits per heavy atom. The van der Waals surface area contributed by atoms with Gasteiger partial charge in [0.2, 0.25) is 0 Å². The summed E-state index contributed by atoms with van der Waals surface area (Å²) < 4.78 is 0. The number of nitrogens with zero attached hydrogens (tertiary/aromatic N) is 1. The maximum atomic E-state index is 12.6. The highest BCUT2D eigenvalue weighted by molar-refractivity contribution is 6.30. The lowest BCUT2D eigenvalue weighted by Gasteiger charge is -2.29. The summed E-state index contributed by atoms with van der Waals surface area (Å²) >= 11 is 6.00. The van der Waals surface area contributed by atoms with Crippen molar-refractivity contribution in [3.63, 3.8) is 0 Å². The molecule has 0 saturated heterocycles. The Morgan fingerprint density at radius 2 is 2.14 bits per heavy atom. The van der Waals surface area contributed by atoms with Crippen LogP contribution in [0.4, 0.5) is 0 Å². The second-order valence-electron chi connectivity index (χ2n) is 5.35. The fraction of sp³-hybridized carbons (Fsp3) is 0.375. The average Bonchev–Trinajstić information content (AvgIpc) is 2.46. The lowest BCUT2D eigenvalue weighted by molar-refractivity contribution is 0.0888. The molecule has 2 rings (SSSR count). The zero-order valence-corrected chi connectivity index (χ0v) is 12.9. The van der Waals surface area contributed by atoms with Crippen LogP contribution in [0.3, 0.4) is 0 Å². The van der Waals surface area contributed by atoms with Crippen molar-refractivity contribution < 1.29 is 9.90 Å². The zero-order chi connectivity index (χ0) is 15.5. The number of rotatable bonds is 5. The molecule has 1 amide bonds. The average molecular weight is 307 g/mol. The maximum Gasteiger partial charge on any atom is 0.252 e. The van der Waals surface area contributed by atoms with Gasteiger partial charge in [-0.1, -0.05) is 36.7 Å². The minimum atomic E-state index is -0.442. The number of halogens is 1. The number of aromatic nitrogens is 1. The Labute approximate surface area is 129 Å². The maximum absolute atomic E-state index is 12.6. The number of hydrogen-bond acceptors (Lipinski definition) is 3. The van der Waals surface area contributed by atoms with Crippen LogP contribution in [0.25, 0.3) is 10.9 Å². The Hall–Kier alpha value is -1.65. The minimum absolute atomic E-state index is 0.0302. The highest BCUT2D eigenvalue weighted by atomic mass is 35.5. The van der Waals surface area contributed by atoms with E-state index in [-0.39, 0.29) is 12.5 Å². The van der Waals surface area contributed by atoms with E-state index >= 15 is 0 Å². The van der Waals surface area contributed by atoms with Crippen LogP contribution in [-0.2, 0) is 0 Å². The standard InChI is InChI=1S/C16H19ClN2O2/c1-3-16(2,8-9-20)19-15(21)12-10-14(17)18-13-7-5-4-6-11(12)13/h4-7,10,20H,3,8-9H2,1-2H3,(H,19,21). The Morgan fingerprint density at radius 1 is 1.43 bits per heavy atom. The molecule has 0 radical (unpaired) electrons. The van der Waals surface area contributed by atoms with E-state index in [4.69, 9.17) is 16.7 Å². The molecular weight excluding hydrogens is 288 g/mol. The summed E-state index contributed by atoms with van der Waals surface area (Å²) in [5.74, 6) is -0.201. The molecule has 112 valence electrons. The quantitative estimate of drug-likeness (QED) is 0.834. The van der Waals surface area contributed by atoms with Crippen molar-refractivity contribution in [2.75, 3.05) is 6.61 Å². The first-order valence-electron chi connectivity index (χ1n) is 6.98. The number of pyridine rings is 1. The van der Waals surface area contributed by atoms with E-state index in [1.165, 1.54) is 0 Å². The van der Waals surface area contributed by atoms with Gasteiger partial charge in [0.15, 0.2) is 0 Å². The van der Waals surface area contributed by atoms with Gasteiger partial charge in [0, 0.05) is 17.5 Å². The van der Waals surface area contributed by atoms with Crippen LogP contribution >= 0.6 is 11.6 Å². The molecule has 0 fully saturated rings. The number of carbonyl (C=O) groups is 1. The minimum Gasteiger partial charge on any atom is -0.396 e. The molecule has 1 unspecified atom stereocenters. The van der Waals surface area contributed by atoms with E-state index < -0.39 is 5.54 Å². The fourth-order valence-electron chi connectivity index (χ4n) is 2.25. The molecule has 1 aromatic heterocycles. The molecule has 0 spiro atoms.